The summed E-state index contributed by atoms with van der Waals surface area (Å²) in [5.74, 6) is 0. The Labute approximate surface area is 79.0 Å². The van der Waals surface area contributed by atoms with Crippen LogP contribution in [0.1, 0.15) is 32.1 Å². The van der Waals surface area contributed by atoms with Gasteiger partial charge < -0.3 is 0 Å². The van der Waals surface area contributed by atoms with Gasteiger partial charge in [0.05, 0.1) is 0 Å². The number of hydrogen-bond acceptors (Lipinski definition) is 3. The monoisotopic (exact) mass is 186 g/mol. The fourth-order valence-electron chi connectivity index (χ4n) is 2.30. The highest BCUT2D eigenvalue weighted by atomic mass is 32.2. The molecule has 2 N–H and O–H groups in total. The van der Waals surface area contributed by atoms with Crippen molar-refractivity contribution in [3.05, 3.63) is 0 Å². The minimum atomic E-state index is 0.729. The largest absolute Gasteiger partial charge is 0.298 e. The zero-order valence-electron chi connectivity index (χ0n) is 7.54. The third kappa shape index (κ3) is 1.78. The zero-order valence-corrected chi connectivity index (χ0v) is 8.35. The molecule has 2 rings (SSSR count). The van der Waals surface area contributed by atoms with E-state index in [0.717, 1.165) is 11.3 Å². The second-order valence-corrected chi connectivity index (χ2v) is 4.94. The molecule has 0 atom stereocenters. The molecule has 2 nitrogen and oxygen atoms in total. The Balaban J connectivity index is 1.72. The average Bonchev–Trinajstić information content (AvgIpc) is 2.04. The molecule has 1 aliphatic carbocycles. The molecule has 0 aromatic rings. The summed E-state index contributed by atoms with van der Waals surface area (Å²) < 4.78 is 0. The Morgan fingerprint density at radius 1 is 1.08 bits per heavy atom. The van der Waals surface area contributed by atoms with Crippen LogP contribution in [0.15, 0.2) is 0 Å². The van der Waals surface area contributed by atoms with Gasteiger partial charge in [-0.15, -0.1) is 0 Å². The first-order chi connectivity index (χ1) is 5.90. The van der Waals surface area contributed by atoms with Crippen molar-refractivity contribution in [2.75, 3.05) is 13.1 Å². The summed E-state index contributed by atoms with van der Waals surface area (Å²) in [6.45, 7) is 2.48. The number of likely N-dealkylation sites (tertiary alicyclic amines) is 1. The van der Waals surface area contributed by atoms with Gasteiger partial charge in [-0.25, -0.2) is 0 Å². The molecule has 0 unspecified atom stereocenters. The van der Waals surface area contributed by atoms with Crippen molar-refractivity contribution in [3.63, 3.8) is 0 Å². The lowest BCUT2D eigenvalue weighted by atomic mass is 9.92. The first kappa shape index (κ1) is 8.85. The van der Waals surface area contributed by atoms with Gasteiger partial charge in [-0.05, 0) is 12.8 Å². The molecule has 0 radical (unpaired) electrons. The summed E-state index contributed by atoms with van der Waals surface area (Å²) in [6, 6.07) is 0.905. The lowest BCUT2D eigenvalue weighted by Gasteiger charge is -2.44. The fraction of sp³-hybridized carbons (Fsp3) is 1.00. The third-order valence-corrected chi connectivity index (χ3v) is 3.84. The van der Waals surface area contributed by atoms with Crippen molar-refractivity contribution < 1.29 is 0 Å². The minimum absolute atomic E-state index is 0.729. The third-order valence-electron chi connectivity index (χ3n) is 3.16. The molecule has 70 valence electrons. The fourth-order valence-corrected chi connectivity index (χ4v) is 2.86. The molecule has 0 aromatic carbocycles. The highest BCUT2D eigenvalue weighted by Gasteiger charge is 2.32. The van der Waals surface area contributed by atoms with Crippen LogP contribution in [-0.2, 0) is 0 Å². The second kappa shape index (κ2) is 3.99. The van der Waals surface area contributed by atoms with Crippen LogP contribution < -0.4 is 5.14 Å². The normalized spacial score (nSPS) is 28.8. The van der Waals surface area contributed by atoms with Crippen molar-refractivity contribution >= 4 is 11.9 Å². The van der Waals surface area contributed by atoms with Crippen LogP contribution in [0.5, 0.6) is 0 Å². The average molecular weight is 186 g/mol. The van der Waals surface area contributed by atoms with E-state index in [0.29, 0.717) is 0 Å². The van der Waals surface area contributed by atoms with Gasteiger partial charge in [-0.2, -0.15) is 0 Å². The molecule has 2 fully saturated rings. The summed E-state index contributed by atoms with van der Waals surface area (Å²) in [5, 5.41) is 6.24. The maximum Gasteiger partial charge on any atom is 0.0445 e. The van der Waals surface area contributed by atoms with Crippen LogP contribution in [0.3, 0.4) is 0 Å². The molecule has 0 spiro atoms. The molecular formula is C9H18N2S. The maximum absolute atomic E-state index is 5.52. The number of hydrogen-bond donors (Lipinski definition) is 1. The van der Waals surface area contributed by atoms with Gasteiger partial charge in [0.1, 0.15) is 0 Å². The van der Waals surface area contributed by atoms with E-state index >= 15 is 0 Å². The van der Waals surface area contributed by atoms with E-state index in [1.165, 1.54) is 57.1 Å². The lowest BCUT2D eigenvalue weighted by Crippen LogP contribution is -2.54. The van der Waals surface area contributed by atoms with Gasteiger partial charge in [0.15, 0.2) is 0 Å². The summed E-state index contributed by atoms with van der Waals surface area (Å²) >= 11 is 1.54. The standard InChI is InChI=1S/C9H18N2S/c10-12-9-6-11(7-9)8-4-2-1-3-5-8/h8-9H,1-7,10H2. The highest BCUT2D eigenvalue weighted by molar-refractivity contribution is 7.97. The molecular weight excluding hydrogens is 168 g/mol. The van der Waals surface area contributed by atoms with Crippen molar-refractivity contribution in [1.82, 2.24) is 4.90 Å². The van der Waals surface area contributed by atoms with E-state index in [2.05, 4.69) is 4.90 Å². The molecule has 12 heavy (non-hydrogen) atoms. The Bertz CT molecular complexity index is 139. The molecule has 1 aliphatic heterocycles. The Morgan fingerprint density at radius 2 is 1.75 bits per heavy atom. The van der Waals surface area contributed by atoms with Crippen LogP contribution in [0.2, 0.25) is 0 Å². The van der Waals surface area contributed by atoms with Crippen molar-refractivity contribution in [2.24, 2.45) is 5.14 Å². The molecule has 1 saturated carbocycles. The second-order valence-electron chi connectivity index (χ2n) is 4.00. The first-order valence-electron chi connectivity index (χ1n) is 5.00. The number of nitrogens with zero attached hydrogens (tertiary/aromatic N) is 1. The summed E-state index contributed by atoms with van der Waals surface area (Å²) in [7, 11) is 0. The summed E-state index contributed by atoms with van der Waals surface area (Å²) in [5.41, 5.74) is 0. The Kier molecular flexibility index (Phi) is 2.94. The summed E-state index contributed by atoms with van der Waals surface area (Å²) in [6.07, 6.45) is 7.21. The van der Waals surface area contributed by atoms with E-state index < -0.39 is 0 Å². The Hall–Kier alpha value is 0.270. The smallest absolute Gasteiger partial charge is 0.0445 e. The van der Waals surface area contributed by atoms with Crippen LogP contribution in [0.4, 0.5) is 0 Å². The van der Waals surface area contributed by atoms with E-state index in [9.17, 15) is 0 Å². The minimum Gasteiger partial charge on any atom is -0.298 e. The van der Waals surface area contributed by atoms with Gasteiger partial charge >= 0.3 is 0 Å². The van der Waals surface area contributed by atoms with E-state index in [1.54, 1.807) is 0 Å². The maximum atomic E-state index is 5.52. The molecule has 1 saturated heterocycles. The highest BCUT2D eigenvalue weighted by Crippen LogP contribution is 2.28. The first-order valence-corrected chi connectivity index (χ1v) is 5.94. The van der Waals surface area contributed by atoms with Crippen LogP contribution in [-0.4, -0.2) is 29.3 Å². The van der Waals surface area contributed by atoms with Crippen LogP contribution >= 0.6 is 11.9 Å². The van der Waals surface area contributed by atoms with E-state index in [-0.39, 0.29) is 0 Å². The van der Waals surface area contributed by atoms with E-state index in [4.69, 9.17) is 5.14 Å². The molecule has 0 aromatic heterocycles. The molecule has 0 bridgehead atoms. The SMILES string of the molecule is NSC1CN(C2CCCCC2)C1. The van der Waals surface area contributed by atoms with Gasteiger partial charge in [0, 0.05) is 24.4 Å². The van der Waals surface area contributed by atoms with Gasteiger partial charge in [-0.1, -0.05) is 31.2 Å². The Morgan fingerprint density at radius 3 is 2.33 bits per heavy atom. The zero-order chi connectivity index (χ0) is 8.39. The molecule has 0 amide bonds. The van der Waals surface area contributed by atoms with E-state index in [1.807, 2.05) is 0 Å². The predicted octanol–water partition coefficient (Wildman–Crippen LogP) is 1.61. The van der Waals surface area contributed by atoms with Crippen LogP contribution in [0.25, 0.3) is 0 Å². The predicted molar refractivity (Wildman–Crippen MR) is 54.0 cm³/mol. The van der Waals surface area contributed by atoms with Gasteiger partial charge in [0.25, 0.3) is 0 Å². The molecule has 2 aliphatic rings. The quantitative estimate of drug-likeness (QED) is 0.664. The summed E-state index contributed by atoms with van der Waals surface area (Å²) in [4.78, 5) is 2.61. The van der Waals surface area contributed by atoms with Crippen molar-refractivity contribution in [1.29, 1.82) is 0 Å². The van der Waals surface area contributed by atoms with Crippen molar-refractivity contribution in [2.45, 2.75) is 43.4 Å². The van der Waals surface area contributed by atoms with Gasteiger partial charge in [0.2, 0.25) is 0 Å². The van der Waals surface area contributed by atoms with Crippen molar-refractivity contribution in [3.8, 4) is 0 Å². The topological polar surface area (TPSA) is 29.3 Å². The number of nitrogens with two attached hydrogens (primary N) is 1. The molecule has 3 heteroatoms. The van der Waals surface area contributed by atoms with Crippen LogP contribution in [0, 0.1) is 0 Å². The van der Waals surface area contributed by atoms with Gasteiger partial charge in [-0.3, -0.25) is 10.0 Å². The lowest BCUT2D eigenvalue weighted by molar-refractivity contribution is 0.0976. The molecule has 1 heterocycles. The number of rotatable bonds is 2.